The Bertz CT molecular complexity index is 1010. The van der Waals surface area contributed by atoms with Crippen LogP contribution < -0.4 is 15.0 Å². The van der Waals surface area contributed by atoms with Gasteiger partial charge in [0.1, 0.15) is 12.4 Å². The molecule has 0 aromatic heterocycles. The van der Waals surface area contributed by atoms with E-state index >= 15 is 0 Å². The lowest BCUT2D eigenvalue weighted by Crippen LogP contribution is -2.42. The second-order valence-electron chi connectivity index (χ2n) is 7.28. The van der Waals surface area contributed by atoms with Crippen molar-refractivity contribution in [3.8, 4) is 5.75 Å². The molecule has 0 fully saturated rings. The van der Waals surface area contributed by atoms with Gasteiger partial charge in [0.2, 0.25) is 5.91 Å². The number of nitrogens with one attached hydrogen (secondary N) is 1. The first kappa shape index (κ1) is 20.6. The van der Waals surface area contributed by atoms with Crippen molar-refractivity contribution in [3.05, 3.63) is 57.1 Å². The van der Waals surface area contributed by atoms with E-state index in [1.807, 2.05) is 20.8 Å². The average molecular weight is 418 g/mol. The number of nitro benzene ring substituents is 1. The van der Waals surface area contributed by atoms with E-state index in [0.717, 1.165) is 6.07 Å². The molecule has 152 valence electrons. The summed E-state index contributed by atoms with van der Waals surface area (Å²) < 4.78 is 5.85. The van der Waals surface area contributed by atoms with E-state index in [2.05, 4.69) is 5.32 Å². The second-order valence-corrected chi connectivity index (χ2v) is 7.69. The van der Waals surface area contributed by atoms with E-state index in [4.69, 9.17) is 16.3 Å². The minimum Gasteiger partial charge on any atom is -0.490 e. The third kappa shape index (κ3) is 4.02. The normalized spacial score (nSPS) is 15.2. The van der Waals surface area contributed by atoms with Crippen LogP contribution in [0.2, 0.25) is 5.02 Å². The molecule has 0 unspecified atom stereocenters. The highest BCUT2D eigenvalue weighted by atomic mass is 35.5. The number of amides is 2. The van der Waals surface area contributed by atoms with E-state index in [9.17, 15) is 19.7 Å². The van der Waals surface area contributed by atoms with Crippen LogP contribution in [0.1, 0.15) is 31.1 Å². The van der Waals surface area contributed by atoms with Gasteiger partial charge in [-0.25, -0.2) is 0 Å². The summed E-state index contributed by atoms with van der Waals surface area (Å²) in [4.78, 5) is 37.2. The van der Waals surface area contributed by atoms with E-state index < -0.39 is 16.2 Å². The molecule has 2 amide bonds. The Kier molecular flexibility index (Phi) is 5.48. The van der Waals surface area contributed by atoms with Gasteiger partial charge in [0.05, 0.1) is 26.6 Å². The van der Waals surface area contributed by atoms with Crippen molar-refractivity contribution in [3.63, 3.8) is 0 Å². The Balaban J connectivity index is 1.87. The quantitative estimate of drug-likeness (QED) is 0.591. The molecule has 1 aliphatic rings. The van der Waals surface area contributed by atoms with Crippen LogP contribution in [0.15, 0.2) is 36.4 Å². The molecule has 1 heterocycles. The topological polar surface area (TPSA) is 102 Å². The molecule has 0 bridgehead atoms. The molecular formula is C20H20ClN3O5. The van der Waals surface area contributed by atoms with Crippen LogP contribution in [0.5, 0.6) is 5.75 Å². The van der Waals surface area contributed by atoms with Gasteiger partial charge in [-0.1, -0.05) is 11.6 Å². The Hall–Kier alpha value is -3.13. The summed E-state index contributed by atoms with van der Waals surface area (Å²) in [6.45, 7) is 6.23. The van der Waals surface area contributed by atoms with Crippen molar-refractivity contribution < 1.29 is 19.2 Å². The van der Waals surface area contributed by atoms with Gasteiger partial charge in [-0.15, -0.1) is 0 Å². The Labute approximate surface area is 172 Å². The maximum atomic E-state index is 12.7. The first-order chi connectivity index (χ1) is 13.6. The fraction of sp³-hybridized carbons (Fsp3) is 0.300. The maximum absolute atomic E-state index is 12.7. The Morgan fingerprint density at radius 1 is 1.31 bits per heavy atom. The molecular weight excluding hydrogens is 398 g/mol. The smallest absolute Gasteiger partial charge is 0.270 e. The van der Waals surface area contributed by atoms with E-state index in [-0.39, 0.29) is 28.8 Å². The number of carbonyl (C=O) groups is 2. The molecule has 0 atom stereocenters. The molecule has 0 spiro atoms. The van der Waals surface area contributed by atoms with Crippen molar-refractivity contribution in [1.29, 1.82) is 0 Å². The SMILES string of the molecule is CCN1C(=O)C(C)(C)COc2cc(NC(=O)c3ccc([N+](=O)[O-])cc3Cl)ccc21. The van der Waals surface area contributed by atoms with Gasteiger partial charge in [-0.05, 0) is 39.0 Å². The van der Waals surface area contributed by atoms with Crippen LogP contribution in [0.25, 0.3) is 0 Å². The van der Waals surface area contributed by atoms with Crippen LogP contribution in [0.4, 0.5) is 17.1 Å². The number of non-ortho nitro benzene ring substituents is 1. The predicted octanol–water partition coefficient (Wildman–Crippen LogP) is 4.27. The summed E-state index contributed by atoms with van der Waals surface area (Å²) in [6, 6.07) is 8.66. The summed E-state index contributed by atoms with van der Waals surface area (Å²) in [5.41, 5.74) is 0.322. The minimum atomic E-state index is -0.676. The number of halogens is 1. The molecule has 9 heteroatoms. The van der Waals surface area contributed by atoms with Crippen LogP contribution in [0, 0.1) is 15.5 Å². The van der Waals surface area contributed by atoms with Gasteiger partial charge in [0.15, 0.2) is 0 Å². The minimum absolute atomic E-state index is 0.0211. The second kappa shape index (κ2) is 7.71. The lowest BCUT2D eigenvalue weighted by atomic mass is 9.93. The third-order valence-corrected chi connectivity index (χ3v) is 4.96. The number of ether oxygens (including phenoxy) is 1. The van der Waals surface area contributed by atoms with Gasteiger partial charge in [0, 0.05) is 30.4 Å². The number of anilines is 2. The molecule has 29 heavy (non-hydrogen) atoms. The number of fused-ring (bicyclic) bond motifs is 1. The number of rotatable bonds is 4. The molecule has 8 nitrogen and oxygen atoms in total. The number of nitro groups is 1. The zero-order valence-corrected chi connectivity index (χ0v) is 16.9. The molecule has 0 aliphatic carbocycles. The molecule has 1 N–H and O–H groups in total. The van der Waals surface area contributed by atoms with Gasteiger partial charge >= 0.3 is 0 Å². The fourth-order valence-electron chi connectivity index (χ4n) is 3.04. The van der Waals surface area contributed by atoms with E-state index in [1.54, 1.807) is 23.1 Å². The maximum Gasteiger partial charge on any atom is 0.270 e. The number of hydrogen-bond donors (Lipinski definition) is 1. The lowest BCUT2D eigenvalue weighted by Gasteiger charge is -2.26. The van der Waals surface area contributed by atoms with Gasteiger partial charge < -0.3 is 15.0 Å². The zero-order chi connectivity index (χ0) is 21.3. The summed E-state index contributed by atoms with van der Waals surface area (Å²) in [6.07, 6.45) is 0. The van der Waals surface area contributed by atoms with Crippen molar-refractivity contribution >= 4 is 40.5 Å². The average Bonchev–Trinajstić information content (AvgIpc) is 2.76. The predicted molar refractivity (Wildman–Crippen MR) is 110 cm³/mol. The van der Waals surface area contributed by atoms with Crippen LogP contribution in [-0.2, 0) is 4.79 Å². The standard InChI is InChI=1S/C20H20ClN3O5/c1-4-23-16-8-5-12(9-17(16)29-11-20(2,3)19(23)26)22-18(25)14-7-6-13(24(27)28)10-15(14)21/h5-10H,4,11H2,1-3H3,(H,22,25). The Morgan fingerprint density at radius 3 is 2.66 bits per heavy atom. The molecule has 0 radical (unpaired) electrons. The molecule has 0 saturated carbocycles. The van der Waals surface area contributed by atoms with Crippen LogP contribution >= 0.6 is 11.6 Å². The number of benzene rings is 2. The summed E-state index contributed by atoms with van der Waals surface area (Å²) in [5.74, 6) is -0.0613. The summed E-state index contributed by atoms with van der Waals surface area (Å²) >= 11 is 6.02. The fourth-order valence-corrected chi connectivity index (χ4v) is 3.30. The summed E-state index contributed by atoms with van der Waals surface area (Å²) in [7, 11) is 0. The lowest BCUT2D eigenvalue weighted by molar-refractivity contribution is -0.384. The molecule has 1 aliphatic heterocycles. The molecule has 2 aromatic rings. The largest absolute Gasteiger partial charge is 0.490 e. The van der Waals surface area contributed by atoms with Crippen LogP contribution in [-0.4, -0.2) is 29.9 Å². The third-order valence-electron chi connectivity index (χ3n) is 4.65. The van der Waals surface area contributed by atoms with E-state index in [0.29, 0.717) is 23.7 Å². The van der Waals surface area contributed by atoms with Crippen molar-refractivity contribution in [2.45, 2.75) is 20.8 Å². The van der Waals surface area contributed by atoms with Gasteiger partial charge in [-0.2, -0.15) is 0 Å². The molecule has 2 aromatic carbocycles. The zero-order valence-electron chi connectivity index (χ0n) is 16.2. The first-order valence-electron chi connectivity index (χ1n) is 8.98. The summed E-state index contributed by atoms with van der Waals surface area (Å²) in [5, 5.41) is 13.5. The van der Waals surface area contributed by atoms with Crippen LogP contribution in [0.3, 0.4) is 0 Å². The number of carbonyl (C=O) groups excluding carboxylic acids is 2. The highest BCUT2D eigenvalue weighted by Crippen LogP contribution is 2.38. The Morgan fingerprint density at radius 2 is 2.03 bits per heavy atom. The first-order valence-corrected chi connectivity index (χ1v) is 9.36. The highest BCUT2D eigenvalue weighted by Gasteiger charge is 2.37. The van der Waals surface area contributed by atoms with Gasteiger partial charge in [0.25, 0.3) is 11.6 Å². The number of nitrogens with zero attached hydrogens (tertiary/aromatic N) is 2. The van der Waals surface area contributed by atoms with Crippen molar-refractivity contribution in [2.24, 2.45) is 5.41 Å². The number of hydrogen-bond acceptors (Lipinski definition) is 5. The molecule has 3 rings (SSSR count). The van der Waals surface area contributed by atoms with Crippen molar-refractivity contribution in [2.75, 3.05) is 23.4 Å². The van der Waals surface area contributed by atoms with Crippen molar-refractivity contribution in [1.82, 2.24) is 0 Å². The van der Waals surface area contributed by atoms with Gasteiger partial charge in [-0.3, -0.25) is 19.7 Å². The van der Waals surface area contributed by atoms with E-state index in [1.165, 1.54) is 12.1 Å². The molecule has 0 saturated heterocycles. The highest BCUT2D eigenvalue weighted by molar-refractivity contribution is 6.34. The monoisotopic (exact) mass is 417 g/mol.